The van der Waals surface area contributed by atoms with Crippen LogP contribution in [-0.2, 0) is 13.0 Å². The van der Waals surface area contributed by atoms with Gasteiger partial charge in [0.05, 0.1) is 30.5 Å². The Kier molecular flexibility index (Phi) is 4.66. The number of aromatic nitrogens is 3. The Morgan fingerprint density at radius 2 is 2.00 bits per heavy atom. The zero-order valence-electron chi connectivity index (χ0n) is 16.6. The molecule has 3 aromatic rings. The maximum Gasteiger partial charge on any atom is 0.259 e. The third-order valence-corrected chi connectivity index (χ3v) is 4.95. The van der Waals surface area contributed by atoms with Gasteiger partial charge in [-0.25, -0.2) is 4.98 Å². The molecule has 0 saturated carbocycles. The molecule has 29 heavy (non-hydrogen) atoms. The van der Waals surface area contributed by atoms with E-state index in [-0.39, 0.29) is 23.3 Å². The first-order valence-corrected chi connectivity index (χ1v) is 9.37. The summed E-state index contributed by atoms with van der Waals surface area (Å²) in [6, 6.07) is 10.5. The van der Waals surface area contributed by atoms with Gasteiger partial charge in [-0.2, -0.15) is 0 Å². The molecule has 1 aromatic carbocycles. The first kappa shape index (κ1) is 18.9. The smallest absolute Gasteiger partial charge is 0.259 e. The number of methoxy groups -OCH3 is 1. The largest absolute Gasteiger partial charge is 0.497 e. The van der Waals surface area contributed by atoms with Crippen LogP contribution in [0.25, 0.3) is 11.3 Å². The molecule has 7 nitrogen and oxygen atoms in total. The summed E-state index contributed by atoms with van der Waals surface area (Å²) in [5, 5.41) is 3.29. The molecule has 1 aliphatic rings. The Morgan fingerprint density at radius 3 is 2.72 bits per heavy atom. The molecule has 0 unspecified atom stereocenters. The van der Waals surface area contributed by atoms with Gasteiger partial charge >= 0.3 is 0 Å². The van der Waals surface area contributed by atoms with Crippen LogP contribution < -0.4 is 15.6 Å². The highest BCUT2D eigenvalue weighted by Gasteiger charge is 2.32. The first-order chi connectivity index (χ1) is 13.9. The molecule has 0 atom stereocenters. The van der Waals surface area contributed by atoms with Crippen LogP contribution in [0.1, 0.15) is 29.8 Å². The lowest BCUT2D eigenvalue weighted by Gasteiger charge is -2.15. The number of Topliss-reactive ketones (excluding diaryl/α,β-unsaturated/α-hetero) is 1. The Bertz CT molecular complexity index is 1140. The average Bonchev–Trinajstić information content (AvgIpc) is 3.05. The maximum absolute atomic E-state index is 13.3. The fourth-order valence-electron chi connectivity index (χ4n) is 3.54. The second kappa shape index (κ2) is 7.16. The zero-order chi connectivity index (χ0) is 20.6. The second-order valence-electron chi connectivity index (χ2n) is 7.73. The van der Waals surface area contributed by atoms with Crippen LogP contribution in [0.4, 0.5) is 5.95 Å². The standard InChI is InChI=1S/C22H22N4O3/c1-22(2)13-26-20(28)17(12-18(27)15-5-4-6-16(11-15)29-3)19(24-21(26)25-22)14-7-9-23-10-8-14/h4-11H,12-13H2,1-3H3,(H,24,25). The van der Waals surface area contributed by atoms with Crippen LogP contribution in [0.15, 0.2) is 53.6 Å². The van der Waals surface area contributed by atoms with Gasteiger partial charge in [-0.05, 0) is 38.1 Å². The van der Waals surface area contributed by atoms with Crippen molar-refractivity contribution >= 4 is 11.7 Å². The molecule has 0 radical (unpaired) electrons. The molecule has 1 aliphatic heterocycles. The van der Waals surface area contributed by atoms with E-state index in [1.54, 1.807) is 60.5 Å². The number of ether oxygens (including phenoxy) is 1. The predicted molar refractivity (Wildman–Crippen MR) is 110 cm³/mol. The number of nitrogens with one attached hydrogen (secondary N) is 1. The lowest BCUT2D eigenvalue weighted by atomic mass is 9.99. The Hall–Kier alpha value is -3.48. The van der Waals surface area contributed by atoms with E-state index in [4.69, 9.17) is 9.72 Å². The van der Waals surface area contributed by atoms with Crippen molar-refractivity contribution in [1.82, 2.24) is 14.5 Å². The monoisotopic (exact) mass is 390 g/mol. The van der Waals surface area contributed by atoms with Gasteiger partial charge in [-0.1, -0.05) is 12.1 Å². The normalized spacial score (nSPS) is 14.2. The van der Waals surface area contributed by atoms with Gasteiger partial charge in [-0.3, -0.25) is 19.1 Å². The molecule has 0 fully saturated rings. The van der Waals surface area contributed by atoms with Gasteiger partial charge in [0.2, 0.25) is 5.95 Å². The van der Waals surface area contributed by atoms with Crippen LogP contribution in [0, 0.1) is 0 Å². The summed E-state index contributed by atoms with van der Waals surface area (Å²) in [5.41, 5.74) is 1.65. The van der Waals surface area contributed by atoms with Crippen molar-refractivity contribution in [1.29, 1.82) is 0 Å². The van der Waals surface area contributed by atoms with Crippen molar-refractivity contribution < 1.29 is 9.53 Å². The number of rotatable bonds is 5. The molecule has 148 valence electrons. The highest BCUT2D eigenvalue weighted by atomic mass is 16.5. The lowest BCUT2D eigenvalue weighted by molar-refractivity contribution is 0.0992. The van der Waals surface area contributed by atoms with Gasteiger partial charge in [0.25, 0.3) is 5.56 Å². The number of hydrogen-bond donors (Lipinski definition) is 1. The molecule has 7 heteroatoms. The zero-order valence-corrected chi connectivity index (χ0v) is 16.6. The summed E-state index contributed by atoms with van der Waals surface area (Å²) in [6.45, 7) is 4.51. The number of anilines is 1. The van der Waals surface area contributed by atoms with Crippen molar-refractivity contribution in [2.75, 3.05) is 12.4 Å². The minimum absolute atomic E-state index is 0.0443. The molecule has 0 saturated heterocycles. The van der Waals surface area contributed by atoms with E-state index < -0.39 is 0 Å². The minimum Gasteiger partial charge on any atom is -0.497 e. The summed E-state index contributed by atoms with van der Waals surface area (Å²) < 4.78 is 6.82. The second-order valence-corrected chi connectivity index (χ2v) is 7.73. The van der Waals surface area contributed by atoms with Crippen molar-refractivity contribution in [2.45, 2.75) is 32.4 Å². The highest BCUT2D eigenvalue weighted by Crippen LogP contribution is 2.28. The van der Waals surface area contributed by atoms with Gasteiger partial charge < -0.3 is 10.1 Å². The van der Waals surface area contributed by atoms with Gasteiger partial charge in [-0.15, -0.1) is 0 Å². The molecule has 4 rings (SSSR count). The van der Waals surface area contributed by atoms with Crippen LogP contribution in [0.3, 0.4) is 0 Å². The molecule has 1 N–H and O–H groups in total. The molecule has 0 amide bonds. The van der Waals surface area contributed by atoms with Crippen LogP contribution in [-0.4, -0.2) is 33.0 Å². The summed E-state index contributed by atoms with van der Waals surface area (Å²) in [4.78, 5) is 35.1. The van der Waals surface area contributed by atoms with Crippen molar-refractivity contribution in [2.24, 2.45) is 0 Å². The number of fused-ring (bicyclic) bond motifs is 1. The van der Waals surface area contributed by atoms with Gasteiger partial charge in [0.1, 0.15) is 5.75 Å². The summed E-state index contributed by atoms with van der Waals surface area (Å²) in [5.74, 6) is 0.952. The quantitative estimate of drug-likeness (QED) is 0.674. The fourth-order valence-corrected chi connectivity index (χ4v) is 3.54. The fraction of sp³-hybridized carbons (Fsp3) is 0.273. The van der Waals surface area contributed by atoms with E-state index in [1.807, 2.05) is 13.8 Å². The molecule has 0 aliphatic carbocycles. The van der Waals surface area contributed by atoms with Crippen LogP contribution >= 0.6 is 0 Å². The van der Waals surface area contributed by atoms with Crippen molar-refractivity contribution in [3.8, 4) is 17.0 Å². The Labute approximate surface area is 168 Å². The van der Waals surface area contributed by atoms with Crippen LogP contribution in [0.5, 0.6) is 5.75 Å². The number of pyridine rings is 1. The number of hydrogen-bond acceptors (Lipinski definition) is 6. The molecule has 0 spiro atoms. The van der Waals surface area contributed by atoms with Gasteiger partial charge in [0, 0.05) is 29.9 Å². The third-order valence-electron chi connectivity index (χ3n) is 4.95. The highest BCUT2D eigenvalue weighted by molar-refractivity contribution is 5.98. The molecular formula is C22H22N4O3. The van der Waals surface area contributed by atoms with Crippen LogP contribution in [0.2, 0.25) is 0 Å². The lowest BCUT2D eigenvalue weighted by Crippen LogP contribution is -2.30. The van der Waals surface area contributed by atoms with Gasteiger partial charge in [0.15, 0.2) is 5.78 Å². The number of carbonyl (C=O) groups is 1. The Balaban J connectivity index is 1.81. The minimum atomic E-state index is -0.288. The van der Waals surface area contributed by atoms with Crippen molar-refractivity contribution in [3.05, 3.63) is 70.3 Å². The molecule has 0 bridgehead atoms. The maximum atomic E-state index is 13.3. The van der Waals surface area contributed by atoms with E-state index in [1.165, 1.54) is 0 Å². The number of nitrogens with zero attached hydrogens (tertiary/aromatic N) is 3. The summed E-state index contributed by atoms with van der Waals surface area (Å²) in [7, 11) is 1.55. The SMILES string of the molecule is COc1cccc(C(=O)Cc2c(-c3ccncc3)nc3n(c2=O)CC(C)(C)N3)c1. The number of carbonyl (C=O) groups excluding carboxylic acids is 1. The molecule has 3 heterocycles. The molecular weight excluding hydrogens is 368 g/mol. The number of ketones is 1. The topological polar surface area (TPSA) is 86.1 Å². The molecule has 2 aromatic heterocycles. The first-order valence-electron chi connectivity index (χ1n) is 9.37. The average molecular weight is 390 g/mol. The summed E-state index contributed by atoms with van der Waals surface area (Å²) >= 11 is 0. The van der Waals surface area contributed by atoms with E-state index in [2.05, 4.69) is 10.3 Å². The van der Waals surface area contributed by atoms with E-state index in [0.29, 0.717) is 35.1 Å². The van der Waals surface area contributed by atoms with E-state index in [9.17, 15) is 9.59 Å². The van der Waals surface area contributed by atoms with E-state index in [0.717, 1.165) is 5.56 Å². The third kappa shape index (κ3) is 3.63. The summed E-state index contributed by atoms with van der Waals surface area (Å²) in [6.07, 6.45) is 3.25. The number of benzene rings is 1. The predicted octanol–water partition coefficient (Wildman–Crippen LogP) is 2.94. The Morgan fingerprint density at radius 1 is 1.24 bits per heavy atom. The van der Waals surface area contributed by atoms with Crippen molar-refractivity contribution in [3.63, 3.8) is 0 Å². The van der Waals surface area contributed by atoms with E-state index >= 15 is 0 Å².